The highest BCUT2D eigenvalue weighted by Gasteiger charge is 2.17. The Balaban J connectivity index is 2.38. The van der Waals surface area contributed by atoms with Crippen molar-refractivity contribution in [2.24, 2.45) is 12.5 Å². The molecule has 0 atom stereocenters. The molecular weight excluding hydrogens is 232 g/mol. The molecule has 0 saturated heterocycles. The number of unbranched alkanes of at least 4 members (excludes halogenated alkanes) is 2. The molecule has 2 nitrogen and oxygen atoms in total. The van der Waals surface area contributed by atoms with E-state index in [1.165, 1.54) is 42.6 Å². The van der Waals surface area contributed by atoms with Crippen molar-refractivity contribution in [3.8, 4) is 0 Å². The fourth-order valence-corrected chi connectivity index (χ4v) is 2.59. The van der Waals surface area contributed by atoms with E-state index in [2.05, 4.69) is 57.6 Å². The van der Waals surface area contributed by atoms with Gasteiger partial charge < -0.3 is 9.88 Å². The molecule has 110 valence electrons. The van der Waals surface area contributed by atoms with E-state index in [0.717, 1.165) is 13.1 Å². The summed E-state index contributed by atoms with van der Waals surface area (Å²) in [5.41, 5.74) is 4.57. The van der Waals surface area contributed by atoms with Crippen LogP contribution in [-0.2, 0) is 13.6 Å². The predicted octanol–water partition coefficient (Wildman–Crippen LogP) is 4.34. The third kappa shape index (κ3) is 5.02. The maximum Gasteiger partial charge on any atom is 0.0223 e. The third-order valence-corrected chi connectivity index (χ3v) is 4.26. The average molecular weight is 264 g/mol. The van der Waals surface area contributed by atoms with E-state index in [0.29, 0.717) is 5.41 Å². The van der Waals surface area contributed by atoms with Crippen LogP contribution in [0.4, 0.5) is 0 Å². The van der Waals surface area contributed by atoms with Crippen molar-refractivity contribution >= 4 is 0 Å². The number of aryl methyl sites for hydroxylation is 1. The topological polar surface area (TPSA) is 17.0 Å². The molecule has 19 heavy (non-hydrogen) atoms. The van der Waals surface area contributed by atoms with E-state index in [4.69, 9.17) is 0 Å². The Morgan fingerprint density at radius 2 is 1.89 bits per heavy atom. The van der Waals surface area contributed by atoms with E-state index in [1.807, 2.05) is 0 Å². The van der Waals surface area contributed by atoms with Gasteiger partial charge in [0.1, 0.15) is 0 Å². The Hall–Kier alpha value is -0.760. The third-order valence-electron chi connectivity index (χ3n) is 4.26. The van der Waals surface area contributed by atoms with Crippen LogP contribution in [0.2, 0.25) is 0 Å². The Morgan fingerprint density at radius 3 is 2.42 bits per heavy atom. The van der Waals surface area contributed by atoms with Crippen LogP contribution in [0.1, 0.15) is 63.4 Å². The number of nitrogens with one attached hydrogen (secondary N) is 1. The Morgan fingerprint density at radius 1 is 1.21 bits per heavy atom. The van der Waals surface area contributed by atoms with Gasteiger partial charge >= 0.3 is 0 Å². The molecule has 0 saturated carbocycles. The molecule has 0 radical (unpaired) electrons. The largest absolute Gasteiger partial charge is 0.352 e. The van der Waals surface area contributed by atoms with Crippen molar-refractivity contribution in [1.29, 1.82) is 0 Å². The van der Waals surface area contributed by atoms with Crippen molar-refractivity contribution in [2.75, 3.05) is 6.54 Å². The van der Waals surface area contributed by atoms with Gasteiger partial charge in [-0.05, 0) is 37.3 Å². The molecule has 2 heteroatoms. The maximum atomic E-state index is 3.64. The number of hydrogen-bond donors (Lipinski definition) is 1. The minimum absolute atomic E-state index is 0.410. The number of rotatable bonds is 8. The summed E-state index contributed by atoms with van der Waals surface area (Å²) in [6, 6.07) is 2.30. The molecule has 0 aromatic carbocycles. The number of hydrogen-bond acceptors (Lipinski definition) is 1. The lowest BCUT2D eigenvalue weighted by Crippen LogP contribution is -2.29. The second-order valence-corrected chi connectivity index (χ2v) is 6.68. The van der Waals surface area contributed by atoms with E-state index in [1.54, 1.807) is 0 Å². The molecule has 0 aliphatic rings. The molecule has 0 aliphatic heterocycles. The van der Waals surface area contributed by atoms with Crippen molar-refractivity contribution in [1.82, 2.24) is 9.88 Å². The van der Waals surface area contributed by atoms with Crippen LogP contribution >= 0.6 is 0 Å². The minimum Gasteiger partial charge on any atom is -0.352 e. The monoisotopic (exact) mass is 264 g/mol. The van der Waals surface area contributed by atoms with Crippen LogP contribution in [-0.4, -0.2) is 11.1 Å². The molecule has 1 N–H and O–H groups in total. The van der Waals surface area contributed by atoms with Gasteiger partial charge in [0, 0.05) is 31.5 Å². The molecule has 0 aliphatic carbocycles. The van der Waals surface area contributed by atoms with Gasteiger partial charge in [-0.1, -0.05) is 40.0 Å². The van der Waals surface area contributed by atoms with E-state index in [-0.39, 0.29) is 0 Å². The molecule has 0 fully saturated rings. The summed E-state index contributed by atoms with van der Waals surface area (Å²) in [6.45, 7) is 13.5. The number of nitrogens with zero attached hydrogens (tertiary/aromatic N) is 1. The second kappa shape index (κ2) is 7.14. The predicted molar refractivity (Wildman–Crippen MR) is 84.5 cm³/mol. The van der Waals surface area contributed by atoms with E-state index >= 15 is 0 Å². The molecular formula is C17H32N2. The van der Waals surface area contributed by atoms with Crippen molar-refractivity contribution in [3.05, 3.63) is 23.0 Å². The zero-order valence-electron chi connectivity index (χ0n) is 13.8. The lowest BCUT2D eigenvalue weighted by molar-refractivity contribution is 0.302. The Labute approximate surface area is 119 Å². The van der Waals surface area contributed by atoms with Crippen LogP contribution in [0.5, 0.6) is 0 Å². The van der Waals surface area contributed by atoms with Gasteiger partial charge in [-0.3, -0.25) is 0 Å². The number of aromatic nitrogens is 1. The van der Waals surface area contributed by atoms with Gasteiger partial charge in [-0.15, -0.1) is 0 Å². The first-order valence-corrected chi connectivity index (χ1v) is 7.70. The molecule has 1 rings (SSSR count). The molecule has 1 heterocycles. The van der Waals surface area contributed by atoms with Gasteiger partial charge in [0.15, 0.2) is 0 Å². The van der Waals surface area contributed by atoms with Crippen LogP contribution in [0.3, 0.4) is 0 Å². The Kier molecular flexibility index (Phi) is 6.12. The molecule has 0 amide bonds. The SMILES string of the molecule is CCCCCC(C)(C)CNCc1cc(C)n(C)c1C. The van der Waals surface area contributed by atoms with Crippen LogP contribution in [0.25, 0.3) is 0 Å². The summed E-state index contributed by atoms with van der Waals surface area (Å²) in [6.07, 6.45) is 5.35. The summed E-state index contributed by atoms with van der Waals surface area (Å²) in [4.78, 5) is 0. The first kappa shape index (κ1) is 16.3. The summed E-state index contributed by atoms with van der Waals surface area (Å²) in [5.74, 6) is 0. The van der Waals surface area contributed by atoms with E-state index in [9.17, 15) is 0 Å². The summed E-state index contributed by atoms with van der Waals surface area (Å²) < 4.78 is 2.27. The van der Waals surface area contributed by atoms with Crippen molar-refractivity contribution < 1.29 is 0 Å². The molecule has 0 bridgehead atoms. The van der Waals surface area contributed by atoms with Crippen LogP contribution in [0, 0.1) is 19.3 Å². The van der Waals surface area contributed by atoms with Gasteiger partial charge in [0.05, 0.1) is 0 Å². The quantitative estimate of drug-likeness (QED) is 0.691. The summed E-state index contributed by atoms with van der Waals surface area (Å²) in [7, 11) is 2.14. The van der Waals surface area contributed by atoms with E-state index < -0.39 is 0 Å². The van der Waals surface area contributed by atoms with Crippen molar-refractivity contribution in [3.63, 3.8) is 0 Å². The van der Waals surface area contributed by atoms with Crippen LogP contribution in [0.15, 0.2) is 6.07 Å². The Bertz CT molecular complexity index is 388. The van der Waals surface area contributed by atoms with Crippen LogP contribution < -0.4 is 5.32 Å². The highest BCUT2D eigenvalue weighted by molar-refractivity contribution is 5.26. The van der Waals surface area contributed by atoms with Gasteiger partial charge in [-0.25, -0.2) is 0 Å². The normalized spacial score (nSPS) is 12.1. The van der Waals surface area contributed by atoms with Gasteiger partial charge in [0.2, 0.25) is 0 Å². The molecule has 0 spiro atoms. The maximum absolute atomic E-state index is 3.64. The molecule has 1 aromatic heterocycles. The molecule has 0 unspecified atom stereocenters. The molecule has 1 aromatic rings. The summed E-state index contributed by atoms with van der Waals surface area (Å²) in [5, 5.41) is 3.64. The lowest BCUT2D eigenvalue weighted by atomic mass is 9.87. The standard InChI is InChI=1S/C17H32N2/c1-7-8-9-10-17(4,5)13-18-12-16-11-14(2)19(6)15(16)3/h11,18H,7-10,12-13H2,1-6H3. The zero-order chi connectivity index (χ0) is 14.5. The second-order valence-electron chi connectivity index (χ2n) is 6.68. The first-order valence-electron chi connectivity index (χ1n) is 7.70. The summed E-state index contributed by atoms with van der Waals surface area (Å²) >= 11 is 0. The van der Waals surface area contributed by atoms with Crippen molar-refractivity contribution in [2.45, 2.75) is 66.8 Å². The highest BCUT2D eigenvalue weighted by Crippen LogP contribution is 2.23. The smallest absolute Gasteiger partial charge is 0.0223 e. The fourth-order valence-electron chi connectivity index (χ4n) is 2.59. The lowest BCUT2D eigenvalue weighted by Gasteiger charge is -2.25. The highest BCUT2D eigenvalue weighted by atomic mass is 15.0. The fraction of sp³-hybridized carbons (Fsp3) is 0.765. The van der Waals surface area contributed by atoms with Gasteiger partial charge in [0.25, 0.3) is 0 Å². The average Bonchev–Trinajstić information content (AvgIpc) is 2.57. The first-order chi connectivity index (χ1) is 8.87. The minimum atomic E-state index is 0.410. The van der Waals surface area contributed by atoms with Gasteiger partial charge in [-0.2, -0.15) is 0 Å². The zero-order valence-corrected chi connectivity index (χ0v) is 13.8.